The SMILES string of the molecule is [CH2]C[C@@H](F)c1ccnc2ccc(OC)cc12. The highest BCUT2D eigenvalue weighted by Crippen LogP contribution is 2.29. The second kappa shape index (κ2) is 4.47. The van der Waals surface area contributed by atoms with E-state index in [4.69, 9.17) is 4.74 Å². The summed E-state index contributed by atoms with van der Waals surface area (Å²) in [5.74, 6) is 0.706. The Labute approximate surface area is 94.1 Å². The first-order chi connectivity index (χ1) is 7.76. The van der Waals surface area contributed by atoms with Gasteiger partial charge in [-0.1, -0.05) is 6.92 Å². The van der Waals surface area contributed by atoms with Gasteiger partial charge in [-0.05, 0) is 36.2 Å². The second-order valence-electron chi connectivity index (χ2n) is 3.54. The van der Waals surface area contributed by atoms with Gasteiger partial charge in [0.2, 0.25) is 0 Å². The lowest BCUT2D eigenvalue weighted by atomic mass is 10.0. The Kier molecular flexibility index (Phi) is 3.04. The van der Waals surface area contributed by atoms with Gasteiger partial charge in [-0.15, -0.1) is 0 Å². The highest BCUT2D eigenvalue weighted by atomic mass is 19.1. The summed E-state index contributed by atoms with van der Waals surface area (Å²) < 4.78 is 18.8. The van der Waals surface area contributed by atoms with Crippen molar-refractivity contribution >= 4 is 10.9 Å². The zero-order valence-electron chi connectivity index (χ0n) is 9.11. The first kappa shape index (κ1) is 10.9. The van der Waals surface area contributed by atoms with Crippen LogP contribution in [0.3, 0.4) is 0 Å². The second-order valence-corrected chi connectivity index (χ2v) is 3.54. The maximum atomic E-state index is 13.7. The summed E-state index contributed by atoms with van der Waals surface area (Å²) >= 11 is 0. The van der Waals surface area contributed by atoms with Gasteiger partial charge in [0.05, 0.1) is 12.6 Å². The van der Waals surface area contributed by atoms with Crippen molar-refractivity contribution in [2.24, 2.45) is 0 Å². The van der Waals surface area contributed by atoms with E-state index in [1.165, 1.54) is 0 Å². The maximum absolute atomic E-state index is 13.7. The van der Waals surface area contributed by atoms with E-state index in [9.17, 15) is 4.39 Å². The Morgan fingerprint density at radius 2 is 2.25 bits per heavy atom. The minimum Gasteiger partial charge on any atom is -0.497 e. The van der Waals surface area contributed by atoms with Crippen LogP contribution in [0.4, 0.5) is 4.39 Å². The van der Waals surface area contributed by atoms with Crippen LogP contribution in [0.1, 0.15) is 18.2 Å². The molecular formula is C13H13FNO. The molecule has 1 radical (unpaired) electrons. The molecule has 0 N–H and O–H groups in total. The molecule has 83 valence electrons. The summed E-state index contributed by atoms with van der Waals surface area (Å²) in [6, 6.07) is 7.14. The van der Waals surface area contributed by atoms with Crippen LogP contribution in [0.5, 0.6) is 5.75 Å². The predicted molar refractivity (Wildman–Crippen MR) is 62.1 cm³/mol. The highest BCUT2D eigenvalue weighted by molar-refractivity contribution is 5.83. The van der Waals surface area contributed by atoms with Crippen molar-refractivity contribution in [1.82, 2.24) is 4.98 Å². The fourth-order valence-corrected chi connectivity index (χ4v) is 1.70. The summed E-state index contributed by atoms with van der Waals surface area (Å²) in [4.78, 5) is 4.19. The molecule has 0 aliphatic carbocycles. The van der Waals surface area contributed by atoms with Gasteiger partial charge in [-0.3, -0.25) is 4.98 Å². The highest BCUT2D eigenvalue weighted by Gasteiger charge is 2.11. The standard InChI is InChI=1S/C13H13FNO/c1-3-12(14)10-6-7-15-13-5-4-9(16-2)8-11(10)13/h4-8,12H,1,3H2,2H3/t12-/m1/s1. The fraction of sp³-hybridized carbons (Fsp3) is 0.231. The molecular weight excluding hydrogens is 205 g/mol. The molecule has 1 aromatic carbocycles. The van der Waals surface area contributed by atoms with Crippen LogP contribution in [0.2, 0.25) is 0 Å². The number of halogens is 1. The van der Waals surface area contributed by atoms with Crippen molar-refractivity contribution in [3.63, 3.8) is 0 Å². The van der Waals surface area contributed by atoms with Crippen molar-refractivity contribution in [1.29, 1.82) is 0 Å². The van der Waals surface area contributed by atoms with Crippen molar-refractivity contribution in [2.45, 2.75) is 12.6 Å². The van der Waals surface area contributed by atoms with Crippen LogP contribution >= 0.6 is 0 Å². The lowest BCUT2D eigenvalue weighted by Crippen LogP contribution is -1.93. The van der Waals surface area contributed by atoms with Crippen molar-refractivity contribution < 1.29 is 9.13 Å². The largest absolute Gasteiger partial charge is 0.497 e. The van der Waals surface area contributed by atoms with Gasteiger partial charge in [0.15, 0.2) is 0 Å². The van der Waals surface area contributed by atoms with E-state index in [2.05, 4.69) is 11.9 Å². The number of alkyl halides is 1. The molecule has 0 aliphatic heterocycles. The Morgan fingerprint density at radius 3 is 2.94 bits per heavy atom. The quantitative estimate of drug-likeness (QED) is 0.786. The summed E-state index contributed by atoms with van der Waals surface area (Å²) in [6.45, 7) is 3.58. The molecule has 1 heterocycles. The molecule has 16 heavy (non-hydrogen) atoms. The molecule has 0 saturated carbocycles. The monoisotopic (exact) mass is 218 g/mol. The van der Waals surface area contributed by atoms with Gasteiger partial charge in [0, 0.05) is 11.6 Å². The fourth-order valence-electron chi connectivity index (χ4n) is 1.70. The number of pyridine rings is 1. The van der Waals surface area contributed by atoms with Gasteiger partial charge in [-0.25, -0.2) is 4.39 Å². The zero-order chi connectivity index (χ0) is 11.5. The van der Waals surface area contributed by atoms with Gasteiger partial charge in [0.25, 0.3) is 0 Å². The van der Waals surface area contributed by atoms with Crippen LogP contribution in [0, 0.1) is 6.92 Å². The Balaban J connectivity index is 2.64. The summed E-state index contributed by atoms with van der Waals surface area (Å²) in [6.07, 6.45) is 0.778. The number of hydrogen-bond donors (Lipinski definition) is 0. The van der Waals surface area contributed by atoms with E-state index >= 15 is 0 Å². The Morgan fingerprint density at radius 1 is 1.44 bits per heavy atom. The number of nitrogens with zero attached hydrogens (tertiary/aromatic N) is 1. The molecule has 0 fully saturated rings. The number of fused-ring (bicyclic) bond motifs is 1. The van der Waals surface area contributed by atoms with E-state index in [1.807, 2.05) is 12.1 Å². The number of rotatable bonds is 3. The number of benzene rings is 1. The molecule has 1 atom stereocenters. The first-order valence-corrected chi connectivity index (χ1v) is 5.12. The van der Waals surface area contributed by atoms with Crippen LogP contribution < -0.4 is 4.74 Å². The molecule has 2 aromatic rings. The minimum absolute atomic E-state index is 0.219. The Hall–Kier alpha value is -1.64. The van der Waals surface area contributed by atoms with E-state index in [0.717, 1.165) is 10.9 Å². The zero-order valence-corrected chi connectivity index (χ0v) is 9.11. The minimum atomic E-state index is -1.06. The molecule has 0 aliphatic rings. The van der Waals surface area contributed by atoms with Crippen LogP contribution in [-0.4, -0.2) is 12.1 Å². The van der Waals surface area contributed by atoms with Gasteiger partial charge < -0.3 is 4.74 Å². The first-order valence-electron chi connectivity index (χ1n) is 5.12. The average molecular weight is 218 g/mol. The van der Waals surface area contributed by atoms with Gasteiger partial charge in [0.1, 0.15) is 11.9 Å². The lowest BCUT2D eigenvalue weighted by molar-refractivity contribution is 0.348. The van der Waals surface area contributed by atoms with Crippen molar-refractivity contribution in [3.8, 4) is 5.75 Å². The third kappa shape index (κ3) is 1.85. The van der Waals surface area contributed by atoms with Crippen LogP contribution in [-0.2, 0) is 0 Å². The van der Waals surface area contributed by atoms with E-state index in [-0.39, 0.29) is 6.42 Å². The van der Waals surface area contributed by atoms with Crippen LogP contribution in [0.15, 0.2) is 30.5 Å². The van der Waals surface area contributed by atoms with E-state index in [1.54, 1.807) is 25.4 Å². The Bertz CT molecular complexity index is 498. The van der Waals surface area contributed by atoms with Gasteiger partial charge in [-0.2, -0.15) is 0 Å². The molecule has 1 aromatic heterocycles. The topological polar surface area (TPSA) is 22.1 Å². The molecule has 0 saturated heterocycles. The molecule has 3 heteroatoms. The van der Waals surface area contributed by atoms with Crippen molar-refractivity contribution in [2.75, 3.05) is 7.11 Å². The van der Waals surface area contributed by atoms with Crippen LogP contribution in [0.25, 0.3) is 10.9 Å². The normalized spacial score (nSPS) is 12.7. The number of ether oxygens (including phenoxy) is 1. The maximum Gasteiger partial charge on any atom is 0.126 e. The lowest BCUT2D eigenvalue weighted by Gasteiger charge is -2.10. The molecule has 0 unspecified atom stereocenters. The number of methoxy groups -OCH3 is 1. The number of hydrogen-bond acceptors (Lipinski definition) is 2. The van der Waals surface area contributed by atoms with E-state index < -0.39 is 6.17 Å². The van der Waals surface area contributed by atoms with E-state index in [0.29, 0.717) is 11.3 Å². The summed E-state index contributed by atoms with van der Waals surface area (Å²) in [5, 5.41) is 0.790. The number of aromatic nitrogens is 1. The third-order valence-corrected chi connectivity index (χ3v) is 2.57. The third-order valence-electron chi connectivity index (χ3n) is 2.57. The molecule has 2 nitrogen and oxygen atoms in total. The molecule has 0 bridgehead atoms. The van der Waals surface area contributed by atoms with Gasteiger partial charge >= 0.3 is 0 Å². The van der Waals surface area contributed by atoms with Crippen molar-refractivity contribution in [3.05, 3.63) is 42.9 Å². The molecule has 0 amide bonds. The smallest absolute Gasteiger partial charge is 0.126 e. The summed E-state index contributed by atoms with van der Waals surface area (Å²) in [5.41, 5.74) is 1.40. The average Bonchev–Trinajstić information content (AvgIpc) is 2.36. The molecule has 2 rings (SSSR count). The predicted octanol–water partition coefficient (Wildman–Crippen LogP) is 3.48. The summed E-state index contributed by atoms with van der Waals surface area (Å²) in [7, 11) is 1.59. The molecule has 0 spiro atoms.